The predicted octanol–water partition coefficient (Wildman–Crippen LogP) is 3.97. The highest BCUT2D eigenvalue weighted by molar-refractivity contribution is 7.93. The Morgan fingerprint density at radius 1 is 1.24 bits per heavy atom. The number of methoxy groups -OCH3 is 2. The molecular weight excluding hydrogens is 496 g/mol. The second-order valence-corrected chi connectivity index (χ2v) is 11.2. The standard InChI is InChI=1S/C25H36N6O5S/c1-15(2)14-27-23(26-6)16(3)18(5)37(32,33)30-25-29-28-24(19-12-13-36-17(19)4)31(25)22-20(34-7)10-9-11-21(22)35-8/h9-11,14,16-19H,6,12-13H2,1-5,7-8H3,(H,29,30)/b27-23-/t16-,17+,18-,19-/m0/s1. The van der Waals surface area contributed by atoms with Gasteiger partial charge >= 0.3 is 0 Å². The average Bonchev–Trinajstić information content (AvgIpc) is 3.47. The van der Waals surface area contributed by atoms with Crippen molar-refractivity contribution in [3.05, 3.63) is 35.8 Å². The summed E-state index contributed by atoms with van der Waals surface area (Å²) in [5.74, 6) is 1.18. The number of allylic oxidation sites excluding steroid dienone is 1. The maximum Gasteiger partial charge on any atom is 0.243 e. The SMILES string of the molecule is C=N/C(=N\C=C(C)C)[C@@H](C)[C@H](C)S(=O)(=O)Nc1nnc([C@H]2CCO[C@@H]2C)n1-c1c(OC)cccc1OC. The van der Waals surface area contributed by atoms with Crippen LogP contribution in [0.1, 0.15) is 52.8 Å². The van der Waals surface area contributed by atoms with Gasteiger partial charge in [0.25, 0.3) is 0 Å². The van der Waals surface area contributed by atoms with Gasteiger partial charge < -0.3 is 14.2 Å². The van der Waals surface area contributed by atoms with Gasteiger partial charge in [-0.25, -0.2) is 18.4 Å². The number of hydrogen-bond acceptors (Lipinski definition) is 8. The number of ether oxygens (including phenoxy) is 3. The molecule has 1 aromatic carbocycles. The quantitative estimate of drug-likeness (QED) is 0.362. The maximum atomic E-state index is 13.6. The summed E-state index contributed by atoms with van der Waals surface area (Å²) in [6.07, 6.45) is 2.22. The average molecular weight is 533 g/mol. The topological polar surface area (TPSA) is 129 Å². The van der Waals surface area contributed by atoms with Crippen LogP contribution in [0.2, 0.25) is 0 Å². The van der Waals surface area contributed by atoms with Crippen LogP contribution in [0.3, 0.4) is 0 Å². The molecule has 2 aromatic rings. The van der Waals surface area contributed by atoms with Gasteiger partial charge in [-0.2, -0.15) is 0 Å². The molecule has 0 radical (unpaired) electrons. The third-order valence-electron chi connectivity index (χ3n) is 6.47. The molecule has 4 atom stereocenters. The normalized spacial score (nSPS) is 19.7. The molecule has 1 aromatic heterocycles. The molecule has 202 valence electrons. The summed E-state index contributed by atoms with van der Waals surface area (Å²) >= 11 is 0. The molecule has 0 spiro atoms. The maximum absolute atomic E-state index is 13.6. The molecule has 1 fully saturated rings. The molecule has 1 saturated heterocycles. The number of aliphatic imine (C=N–C) groups is 2. The van der Waals surface area contributed by atoms with E-state index in [4.69, 9.17) is 14.2 Å². The zero-order valence-electron chi connectivity index (χ0n) is 22.4. The molecule has 0 amide bonds. The Labute approximate surface area is 218 Å². The zero-order chi connectivity index (χ0) is 27.3. The molecule has 0 unspecified atom stereocenters. The van der Waals surface area contributed by atoms with Crippen molar-refractivity contribution in [1.29, 1.82) is 0 Å². The Kier molecular flexibility index (Phi) is 9.08. The van der Waals surface area contributed by atoms with Gasteiger partial charge in [0.15, 0.2) is 0 Å². The number of aromatic nitrogens is 3. The van der Waals surface area contributed by atoms with Gasteiger partial charge in [0.1, 0.15) is 28.8 Å². The second kappa shape index (κ2) is 11.9. The first-order chi connectivity index (χ1) is 17.5. The lowest BCUT2D eigenvalue weighted by molar-refractivity contribution is 0.117. The summed E-state index contributed by atoms with van der Waals surface area (Å²) in [5.41, 5.74) is 1.45. The van der Waals surface area contributed by atoms with Crippen LogP contribution in [-0.4, -0.2) is 67.9 Å². The van der Waals surface area contributed by atoms with E-state index in [2.05, 4.69) is 31.6 Å². The highest BCUT2D eigenvalue weighted by Gasteiger charge is 2.36. The fraction of sp³-hybridized carbons (Fsp3) is 0.520. The zero-order valence-corrected chi connectivity index (χ0v) is 23.2. The summed E-state index contributed by atoms with van der Waals surface area (Å²) in [7, 11) is -0.906. The fourth-order valence-corrected chi connectivity index (χ4v) is 5.37. The van der Waals surface area contributed by atoms with Crippen molar-refractivity contribution in [2.45, 2.75) is 58.3 Å². The van der Waals surface area contributed by atoms with Crippen LogP contribution in [0.4, 0.5) is 5.95 Å². The van der Waals surface area contributed by atoms with Gasteiger partial charge in [0.05, 0.1) is 25.6 Å². The first-order valence-corrected chi connectivity index (χ1v) is 13.6. The largest absolute Gasteiger partial charge is 0.494 e. The van der Waals surface area contributed by atoms with Crippen molar-refractivity contribution in [2.75, 3.05) is 25.5 Å². The molecular formula is C25H36N6O5S. The molecule has 12 heteroatoms. The molecule has 37 heavy (non-hydrogen) atoms. The van der Waals surface area contributed by atoms with E-state index in [1.807, 2.05) is 20.8 Å². The number of para-hydroxylation sites is 1. The number of sulfonamides is 1. The number of nitrogens with one attached hydrogen (secondary N) is 1. The van der Waals surface area contributed by atoms with Crippen LogP contribution in [0.25, 0.3) is 5.69 Å². The molecule has 0 bridgehead atoms. The lowest BCUT2D eigenvalue weighted by Gasteiger charge is -2.23. The number of anilines is 1. The molecule has 2 heterocycles. The fourth-order valence-electron chi connectivity index (χ4n) is 4.14. The number of nitrogens with zero attached hydrogens (tertiary/aromatic N) is 5. The molecule has 11 nitrogen and oxygen atoms in total. The molecule has 3 rings (SSSR count). The highest BCUT2D eigenvalue weighted by atomic mass is 32.2. The van der Waals surface area contributed by atoms with Gasteiger partial charge in [-0.1, -0.05) is 18.6 Å². The third kappa shape index (κ3) is 6.02. The summed E-state index contributed by atoms with van der Waals surface area (Å²) in [5, 5.41) is 7.74. The molecule has 1 aliphatic heterocycles. The summed E-state index contributed by atoms with van der Waals surface area (Å²) in [6, 6.07) is 5.32. The Hall–Kier alpha value is -3.25. The number of hydrogen-bond donors (Lipinski definition) is 1. The summed E-state index contributed by atoms with van der Waals surface area (Å²) < 4.78 is 48.4. The summed E-state index contributed by atoms with van der Waals surface area (Å²) in [6.45, 7) is 13.2. The van der Waals surface area contributed by atoms with E-state index in [1.54, 1.807) is 42.8 Å². The minimum atomic E-state index is -3.98. The van der Waals surface area contributed by atoms with Crippen LogP contribution in [-0.2, 0) is 14.8 Å². The highest BCUT2D eigenvalue weighted by Crippen LogP contribution is 2.39. The minimum Gasteiger partial charge on any atom is -0.494 e. The van der Waals surface area contributed by atoms with E-state index in [0.717, 1.165) is 5.57 Å². The smallest absolute Gasteiger partial charge is 0.243 e. The van der Waals surface area contributed by atoms with E-state index in [-0.39, 0.29) is 18.0 Å². The van der Waals surface area contributed by atoms with Crippen molar-refractivity contribution in [2.24, 2.45) is 15.9 Å². The van der Waals surface area contributed by atoms with Crippen LogP contribution >= 0.6 is 0 Å². The first-order valence-electron chi connectivity index (χ1n) is 12.0. The molecule has 1 N–H and O–H groups in total. The summed E-state index contributed by atoms with van der Waals surface area (Å²) in [4.78, 5) is 8.27. The molecule has 0 aliphatic carbocycles. The Balaban J connectivity index is 2.11. The van der Waals surface area contributed by atoms with Gasteiger partial charge in [-0.3, -0.25) is 9.29 Å². The number of benzene rings is 1. The Bertz CT molecular complexity index is 1260. The van der Waals surface area contributed by atoms with Crippen LogP contribution < -0.4 is 14.2 Å². The van der Waals surface area contributed by atoms with E-state index in [0.29, 0.717) is 41.9 Å². The van der Waals surface area contributed by atoms with Gasteiger partial charge in [0.2, 0.25) is 16.0 Å². The van der Waals surface area contributed by atoms with Gasteiger partial charge in [-0.05, 0) is 53.0 Å². The van der Waals surface area contributed by atoms with Crippen molar-refractivity contribution in [1.82, 2.24) is 14.8 Å². The Morgan fingerprint density at radius 3 is 2.41 bits per heavy atom. The third-order valence-corrected chi connectivity index (χ3v) is 8.33. The molecule has 1 aliphatic rings. The van der Waals surface area contributed by atoms with Crippen molar-refractivity contribution in [3.8, 4) is 17.2 Å². The van der Waals surface area contributed by atoms with Gasteiger partial charge in [0, 0.05) is 24.6 Å². The monoisotopic (exact) mass is 532 g/mol. The first kappa shape index (κ1) is 28.3. The van der Waals surface area contributed by atoms with Crippen LogP contribution in [0.5, 0.6) is 11.5 Å². The number of rotatable bonds is 10. The predicted molar refractivity (Wildman–Crippen MR) is 145 cm³/mol. The lowest BCUT2D eigenvalue weighted by atomic mass is 10.0. The van der Waals surface area contributed by atoms with Gasteiger partial charge in [-0.15, -0.1) is 10.2 Å². The van der Waals surface area contributed by atoms with E-state index < -0.39 is 21.2 Å². The van der Waals surface area contributed by atoms with Crippen molar-refractivity contribution >= 4 is 28.5 Å². The minimum absolute atomic E-state index is 0.0188. The lowest BCUT2D eigenvalue weighted by Crippen LogP contribution is -2.35. The molecule has 0 saturated carbocycles. The van der Waals surface area contributed by atoms with Crippen molar-refractivity contribution in [3.63, 3.8) is 0 Å². The van der Waals surface area contributed by atoms with E-state index in [1.165, 1.54) is 14.2 Å². The number of amidine groups is 1. The second-order valence-electron chi connectivity index (χ2n) is 9.19. The van der Waals surface area contributed by atoms with Crippen molar-refractivity contribution < 1.29 is 22.6 Å². The van der Waals surface area contributed by atoms with Crippen LogP contribution in [0.15, 0.2) is 40.0 Å². The Morgan fingerprint density at radius 2 is 1.89 bits per heavy atom. The van der Waals surface area contributed by atoms with E-state index >= 15 is 0 Å². The van der Waals surface area contributed by atoms with Crippen LogP contribution in [0, 0.1) is 5.92 Å². The van der Waals surface area contributed by atoms with E-state index in [9.17, 15) is 8.42 Å².